The maximum atomic E-state index is 15.1. The Morgan fingerprint density at radius 3 is 1.30 bits per heavy atom. The number of aliphatic imine (C=N–C) groups is 3. The molecule has 0 spiro atoms. The van der Waals surface area contributed by atoms with E-state index in [1.165, 1.54) is 17.0 Å². The van der Waals surface area contributed by atoms with E-state index in [2.05, 4.69) is 73.5 Å². The van der Waals surface area contributed by atoms with Crippen molar-refractivity contribution in [3.63, 3.8) is 0 Å². The molecule has 666 valence electrons. The number of guanidine groups is 3. The van der Waals surface area contributed by atoms with Crippen LogP contribution in [0.5, 0.6) is 5.75 Å². The number of carbonyl (C=O) groups is 13. The minimum atomic E-state index is -1.49. The Morgan fingerprint density at radius 2 is 0.840 bits per heavy atom. The van der Waals surface area contributed by atoms with E-state index < -0.39 is 162 Å². The monoisotopic (exact) mass is 1670 g/mol. The van der Waals surface area contributed by atoms with Crippen molar-refractivity contribution < 1.29 is 72.5 Å². The fraction of sp³-hybridized carbons (Fsp3) is 0.646. The molecule has 1 aliphatic heterocycles. The number of benzene rings is 2. The van der Waals surface area contributed by atoms with Gasteiger partial charge in [-0.2, -0.15) is 0 Å². The molecule has 1 heterocycles. The lowest BCUT2D eigenvalue weighted by atomic mass is 9.96. The number of aliphatic carboxylic acids is 1. The lowest BCUT2D eigenvalue weighted by molar-refractivity contribution is -0.143. The van der Waals surface area contributed by atoms with Gasteiger partial charge < -0.3 is 131 Å². The molecule has 33 N–H and O–H groups in total. The van der Waals surface area contributed by atoms with Crippen LogP contribution in [0.25, 0.3) is 0 Å². The first-order chi connectivity index (χ1) is 56.5. The minimum absolute atomic E-state index is 0.00741. The van der Waals surface area contributed by atoms with Crippen LogP contribution in [0.1, 0.15) is 181 Å². The molecule has 0 saturated carbocycles. The molecular weight excluding hydrogens is 1540 g/mol. The van der Waals surface area contributed by atoms with Crippen LogP contribution >= 0.6 is 0 Å². The van der Waals surface area contributed by atoms with Gasteiger partial charge in [-0.25, -0.2) is 4.79 Å². The van der Waals surface area contributed by atoms with Crippen LogP contribution in [0.15, 0.2) is 69.6 Å². The summed E-state index contributed by atoms with van der Waals surface area (Å²) >= 11 is 0. The fourth-order valence-corrected chi connectivity index (χ4v) is 13.2. The lowest BCUT2D eigenvalue weighted by Crippen LogP contribution is -2.61. The average Bonchev–Trinajstić information content (AvgIpc) is 1.26. The molecule has 2 aromatic carbocycles. The van der Waals surface area contributed by atoms with Gasteiger partial charge >= 0.3 is 5.97 Å². The molecular formula is C79H135N25O15. The first-order valence-electron chi connectivity index (χ1n) is 41.2. The molecule has 0 aliphatic carbocycles. The van der Waals surface area contributed by atoms with Crippen LogP contribution in [0, 0.1) is 17.8 Å². The number of unbranched alkanes of at least 4 members (excludes halogenated alkanes) is 3. The van der Waals surface area contributed by atoms with Gasteiger partial charge in [0.25, 0.3) is 0 Å². The molecule has 13 atom stereocenters. The van der Waals surface area contributed by atoms with Gasteiger partial charge in [0.05, 0.1) is 12.6 Å². The van der Waals surface area contributed by atoms with E-state index in [4.69, 9.17) is 57.3 Å². The number of carboxylic acid groups (broad SMARTS) is 1. The number of nitrogens with two attached hydrogens (primary N) is 10. The molecule has 40 nitrogen and oxygen atoms in total. The van der Waals surface area contributed by atoms with E-state index in [1.54, 1.807) is 70.2 Å². The maximum Gasteiger partial charge on any atom is 0.326 e. The summed E-state index contributed by atoms with van der Waals surface area (Å²) in [7, 11) is 0. The van der Waals surface area contributed by atoms with Gasteiger partial charge in [0.15, 0.2) is 17.9 Å². The third-order valence-corrected chi connectivity index (χ3v) is 19.8. The number of rotatable bonds is 58. The van der Waals surface area contributed by atoms with Gasteiger partial charge in [-0.1, -0.05) is 90.4 Å². The number of hydrogen-bond donors (Lipinski definition) is 23. The Hall–Kier alpha value is -11.0. The molecule has 0 aromatic heterocycles. The van der Waals surface area contributed by atoms with Crippen LogP contribution in [0.3, 0.4) is 0 Å². The van der Waals surface area contributed by atoms with Gasteiger partial charge in [0.1, 0.15) is 72.2 Å². The van der Waals surface area contributed by atoms with Crippen molar-refractivity contribution in [3.05, 3.63) is 65.7 Å². The van der Waals surface area contributed by atoms with Gasteiger partial charge in [-0.3, -0.25) is 72.5 Å². The number of carboxylic acids is 1. The number of nitrogens with zero attached hydrogens (tertiary/aromatic N) is 4. The van der Waals surface area contributed by atoms with Crippen molar-refractivity contribution in [2.45, 2.75) is 255 Å². The summed E-state index contributed by atoms with van der Waals surface area (Å²) in [6, 6.07) is -0.943. The van der Waals surface area contributed by atoms with E-state index in [-0.39, 0.29) is 165 Å². The lowest BCUT2D eigenvalue weighted by Gasteiger charge is -2.32. The number of hydrogen-bond acceptors (Lipinski definition) is 21. The fourth-order valence-electron chi connectivity index (χ4n) is 13.2. The summed E-state index contributed by atoms with van der Waals surface area (Å²) in [6.07, 6.45) is 3.66. The summed E-state index contributed by atoms with van der Waals surface area (Å²) in [4.78, 5) is 199. The molecule has 1 aliphatic rings. The second-order valence-corrected chi connectivity index (χ2v) is 30.9. The topological polar surface area (TPSA) is 695 Å². The molecule has 2 aromatic rings. The van der Waals surface area contributed by atoms with Crippen molar-refractivity contribution in [3.8, 4) is 5.75 Å². The Kier molecular flexibility index (Phi) is 47.8. The van der Waals surface area contributed by atoms with Crippen LogP contribution in [0.4, 0.5) is 0 Å². The van der Waals surface area contributed by atoms with E-state index in [1.807, 2.05) is 13.8 Å². The highest BCUT2D eigenvalue weighted by molar-refractivity contribution is 6.00. The summed E-state index contributed by atoms with van der Waals surface area (Å²) < 4.78 is 0. The zero-order valence-corrected chi connectivity index (χ0v) is 69.8. The second kappa shape index (κ2) is 55.6. The molecule has 12 amide bonds. The molecule has 0 radical (unpaired) electrons. The van der Waals surface area contributed by atoms with Gasteiger partial charge in [-0.05, 0) is 189 Å². The number of phenols is 1. The number of aromatic hydroxyl groups is 1. The zero-order chi connectivity index (χ0) is 88.7. The maximum absolute atomic E-state index is 15.1. The van der Waals surface area contributed by atoms with Crippen molar-refractivity contribution in [2.75, 3.05) is 52.4 Å². The molecule has 119 heavy (non-hydrogen) atoms. The highest BCUT2D eigenvalue weighted by atomic mass is 16.4. The van der Waals surface area contributed by atoms with Gasteiger partial charge in [0, 0.05) is 32.6 Å². The third-order valence-electron chi connectivity index (χ3n) is 19.8. The zero-order valence-electron chi connectivity index (χ0n) is 69.8. The first kappa shape index (κ1) is 102. The van der Waals surface area contributed by atoms with Crippen molar-refractivity contribution in [1.29, 1.82) is 0 Å². The van der Waals surface area contributed by atoms with Gasteiger partial charge in [-0.15, -0.1) is 0 Å². The summed E-state index contributed by atoms with van der Waals surface area (Å²) in [5, 5.41) is 49.5. The summed E-state index contributed by atoms with van der Waals surface area (Å²) in [5.74, 6) is -12.5. The number of amides is 12. The SMILES string of the molecule is CCC(C)[C@H](NC(=O)[C@H](CCCN=C(N)N)NC(=O)[C@H](CCCN=C(N)N)NC(=O)[C@H](CC(C)C)NC(=O)[C@H](Cc1ccccc1)NC(=O)CNC(=O)[C@@H](CCCCN)NC(=O)[C@@H](N)Cc1ccc(O)cc1)C(=O)N[C@@H](CCCN=C(N)N)C(=O)N1CCC[C@H]1C(=O)N[C@@H](CCCCN)C(=O)N[C@@H](CC(C)C)C(=O)N[C@@H](CCCCN)C(=O)O. The summed E-state index contributed by atoms with van der Waals surface area (Å²) in [5.41, 5.74) is 58.7. The van der Waals surface area contributed by atoms with E-state index in [0.29, 0.717) is 69.2 Å². The van der Waals surface area contributed by atoms with E-state index in [9.17, 15) is 58.2 Å². The normalized spacial score (nSPS) is 15.5. The number of nitrogens with one attached hydrogen (secondary N) is 11. The third kappa shape index (κ3) is 39.9. The molecule has 3 rings (SSSR count). The molecule has 1 unspecified atom stereocenters. The Bertz CT molecular complexity index is 3640. The summed E-state index contributed by atoms with van der Waals surface area (Å²) in [6.45, 7) is 10.8. The average molecular weight is 1680 g/mol. The standard InChI is InChI=1S/C79H135N25O15/c1-7-48(6)64(74(116)99-57(28-19-39-92-79(88)89)75(117)104-40-20-29-62(104)73(115)98-54(24-12-15-35-81)68(110)101-60(42-47(4)5)71(113)100-58(76(118)119)25-13-16-36-82)103-69(111)56(27-18-38-91-78(86)87)96-67(109)55(26-17-37-90-77(84)85)97-70(112)59(41-46(2)3)102-72(114)61(44-49-21-9-8-10-22-49)94-63(106)45-93-66(108)53(23-11-14-34-80)95-65(107)52(83)43-50-30-32-51(105)33-31-50/h8-10,21-22,30-33,46-48,52-62,64,105H,7,11-20,23-29,34-45,80-83H2,1-6H3,(H,93,108)(H,94,106)(H,95,107)(H,96,109)(H,97,112)(H,98,115)(H,99,116)(H,100,113)(H,101,110)(H,102,114)(H,103,111)(H,118,119)(H4,84,85,90)(H4,86,87,91)(H4,88,89,92)/t48?,52-,53+,54-,55-,56-,57-,58-,59-,60-,61-,62-,64-/m0/s1. The Balaban J connectivity index is 2.00. The molecule has 40 heteroatoms. The number of likely N-dealkylation sites (tertiary alicyclic amines) is 1. The predicted octanol–water partition coefficient (Wildman–Crippen LogP) is -3.77. The van der Waals surface area contributed by atoms with Crippen LogP contribution < -0.4 is 116 Å². The van der Waals surface area contributed by atoms with Crippen LogP contribution in [-0.2, 0) is 75.2 Å². The first-order valence-corrected chi connectivity index (χ1v) is 41.2. The largest absolute Gasteiger partial charge is 0.508 e. The quantitative estimate of drug-likeness (QED) is 0.0172. The van der Waals surface area contributed by atoms with Crippen molar-refractivity contribution >= 4 is 94.7 Å². The number of carbonyl (C=O) groups excluding carboxylic acids is 12. The van der Waals surface area contributed by atoms with Crippen molar-refractivity contribution in [2.24, 2.45) is 90.1 Å². The van der Waals surface area contributed by atoms with Crippen molar-refractivity contribution in [1.82, 2.24) is 63.4 Å². The highest BCUT2D eigenvalue weighted by Crippen LogP contribution is 2.23. The molecule has 1 fully saturated rings. The van der Waals surface area contributed by atoms with Gasteiger partial charge in [0.2, 0.25) is 70.9 Å². The minimum Gasteiger partial charge on any atom is -0.508 e. The second-order valence-electron chi connectivity index (χ2n) is 30.9. The predicted molar refractivity (Wildman–Crippen MR) is 451 cm³/mol. The Morgan fingerprint density at radius 1 is 0.445 bits per heavy atom. The smallest absolute Gasteiger partial charge is 0.326 e. The molecule has 1 saturated heterocycles. The molecule has 0 bridgehead atoms. The van der Waals surface area contributed by atoms with Crippen LogP contribution in [0.2, 0.25) is 0 Å². The van der Waals surface area contributed by atoms with Crippen LogP contribution in [-0.4, -0.2) is 235 Å². The van der Waals surface area contributed by atoms with E-state index in [0.717, 1.165) is 0 Å². The van der Waals surface area contributed by atoms with E-state index >= 15 is 14.4 Å². The number of phenolic OH excluding ortho intramolecular Hbond substituents is 1. The Labute approximate surface area is 697 Å². The highest BCUT2D eigenvalue weighted by Gasteiger charge is 2.42.